The summed E-state index contributed by atoms with van der Waals surface area (Å²) in [6.45, 7) is 1.58. The lowest BCUT2D eigenvalue weighted by Gasteiger charge is -2.36. The molecule has 2 aromatic rings. The number of carbonyl (C=O) groups is 2. The lowest BCUT2D eigenvalue weighted by atomic mass is 9.68. The van der Waals surface area contributed by atoms with E-state index in [1.54, 1.807) is 18.2 Å². The third kappa shape index (κ3) is 5.78. The number of aliphatic hydroxyl groups excluding tert-OH is 2. The zero-order valence-corrected chi connectivity index (χ0v) is 21.8. The van der Waals surface area contributed by atoms with Crippen LogP contribution in [0.15, 0.2) is 65.3 Å². The van der Waals surface area contributed by atoms with Crippen LogP contribution in [0, 0.1) is 27.9 Å². The second-order valence-corrected chi connectivity index (χ2v) is 10.0. The first-order chi connectivity index (χ1) is 18.7. The minimum atomic E-state index is -0.990. The lowest BCUT2D eigenvalue weighted by Crippen LogP contribution is -2.39. The smallest absolute Gasteiger partial charge is 0.271 e. The summed E-state index contributed by atoms with van der Waals surface area (Å²) in [7, 11) is 1.50. The molecule has 0 spiro atoms. The van der Waals surface area contributed by atoms with Crippen LogP contribution in [0.2, 0.25) is 0 Å². The number of nitrogens with zero attached hydrogens (tertiary/aromatic N) is 2. The van der Waals surface area contributed by atoms with Crippen molar-refractivity contribution in [2.24, 2.45) is 17.8 Å². The molecule has 39 heavy (non-hydrogen) atoms. The van der Waals surface area contributed by atoms with E-state index in [2.05, 4.69) is 0 Å². The van der Waals surface area contributed by atoms with E-state index in [1.165, 1.54) is 31.4 Å². The number of ether oxygens (including phenoxy) is 1. The SMILES string of the molecule is COCC1=C([C@H](O)CC/C(C)=C/c2cccc(O)c2)[C@H](CO)[C@@H]2C(=O)N(c3cccc([N+](=O)[O-])c3)C(=O)[C@@H]2C1. The number of allylic oxidation sites excluding steroid dienone is 1. The molecule has 1 fully saturated rings. The molecule has 1 saturated heterocycles. The fourth-order valence-corrected chi connectivity index (χ4v) is 5.76. The number of imide groups is 1. The molecule has 2 aliphatic rings. The molecule has 4 rings (SSSR count). The highest BCUT2D eigenvalue weighted by Crippen LogP contribution is 2.47. The van der Waals surface area contributed by atoms with Gasteiger partial charge in [0, 0.05) is 25.2 Å². The number of phenolic OH excluding ortho intramolecular Hbond substituents is 1. The zero-order valence-electron chi connectivity index (χ0n) is 21.8. The average Bonchev–Trinajstić information content (AvgIpc) is 3.15. The van der Waals surface area contributed by atoms with Crippen LogP contribution in [0.5, 0.6) is 5.75 Å². The van der Waals surface area contributed by atoms with E-state index in [4.69, 9.17) is 4.74 Å². The molecule has 10 heteroatoms. The van der Waals surface area contributed by atoms with Crippen molar-refractivity contribution in [1.82, 2.24) is 0 Å². The summed E-state index contributed by atoms with van der Waals surface area (Å²) < 4.78 is 5.36. The van der Waals surface area contributed by atoms with Crippen molar-refractivity contribution in [2.45, 2.75) is 32.3 Å². The number of amides is 2. The Morgan fingerprint density at radius 2 is 1.95 bits per heavy atom. The summed E-state index contributed by atoms with van der Waals surface area (Å²) in [6.07, 6.45) is 1.92. The Balaban J connectivity index is 1.60. The number of rotatable bonds is 10. The van der Waals surface area contributed by atoms with Gasteiger partial charge in [-0.2, -0.15) is 0 Å². The molecule has 0 saturated carbocycles. The van der Waals surface area contributed by atoms with Crippen LogP contribution in [-0.4, -0.2) is 58.5 Å². The number of aliphatic hydroxyl groups is 2. The van der Waals surface area contributed by atoms with Crippen molar-refractivity contribution in [3.05, 3.63) is 80.9 Å². The predicted octanol–water partition coefficient (Wildman–Crippen LogP) is 3.61. The summed E-state index contributed by atoms with van der Waals surface area (Å²) >= 11 is 0. The zero-order chi connectivity index (χ0) is 28.3. The van der Waals surface area contributed by atoms with Gasteiger partial charge in [-0.15, -0.1) is 0 Å². The first-order valence-corrected chi connectivity index (χ1v) is 12.7. The number of nitro groups is 1. The fraction of sp³-hybridized carbons (Fsp3) is 0.379. The molecule has 10 nitrogen and oxygen atoms in total. The Kier molecular flexibility index (Phi) is 8.59. The van der Waals surface area contributed by atoms with Crippen molar-refractivity contribution in [2.75, 3.05) is 25.2 Å². The van der Waals surface area contributed by atoms with Crippen LogP contribution in [0.3, 0.4) is 0 Å². The first kappa shape index (κ1) is 28.2. The lowest BCUT2D eigenvalue weighted by molar-refractivity contribution is -0.384. The highest BCUT2D eigenvalue weighted by Gasteiger charge is 2.55. The molecule has 1 heterocycles. The maximum atomic E-state index is 13.6. The fourth-order valence-electron chi connectivity index (χ4n) is 5.76. The highest BCUT2D eigenvalue weighted by atomic mass is 16.6. The van der Waals surface area contributed by atoms with Crippen molar-refractivity contribution in [1.29, 1.82) is 0 Å². The summed E-state index contributed by atoms with van der Waals surface area (Å²) in [5.41, 5.74) is 2.83. The molecular formula is C29H32N2O8. The summed E-state index contributed by atoms with van der Waals surface area (Å²) in [6, 6.07) is 12.2. The average molecular weight is 537 g/mol. The van der Waals surface area contributed by atoms with Crippen LogP contribution in [0.1, 0.15) is 31.7 Å². The van der Waals surface area contributed by atoms with Crippen LogP contribution >= 0.6 is 0 Å². The molecule has 3 N–H and O–H groups in total. The van der Waals surface area contributed by atoms with Gasteiger partial charge in [-0.05, 0) is 61.1 Å². The second kappa shape index (κ2) is 11.9. The second-order valence-electron chi connectivity index (χ2n) is 10.0. The largest absolute Gasteiger partial charge is 0.508 e. The quantitative estimate of drug-likeness (QED) is 0.180. The van der Waals surface area contributed by atoms with Crippen LogP contribution in [0.25, 0.3) is 6.08 Å². The summed E-state index contributed by atoms with van der Waals surface area (Å²) in [5, 5.41) is 42.7. The van der Waals surface area contributed by atoms with Crippen molar-refractivity contribution in [3.63, 3.8) is 0 Å². The molecule has 1 aliphatic carbocycles. The van der Waals surface area contributed by atoms with Crippen LogP contribution in [0.4, 0.5) is 11.4 Å². The standard InChI is InChI=1S/C29H32N2O8/c1-17(11-18-5-3-8-22(33)12-18)9-10-25(34)26-19(16-39-2)13-23-27(24(26)15-32)29(36)30(28(23)35)20-6-4-7-21(14-20)31(37)38/h3-8,11-12,14,23-25,27,32-34H,9-10,13,15-16H2,1-2H3/b17-11+/t23-,24+,25-,27-/m1/s1. The van der Waals surface area contributed by atoms with E-state index in [0.29, 0.717) is 24.0 Å². The molecular weight excluding hydrogens is 504 g/mol. The normalized spacial score (nSPS) is 22.3. The van der Waals surface area contributed by atoms with E-state index in [0.717, 1.165) is 16.0 Å². The molecule has 1 aliphatic heterocycles. The van der Waals surface area contributed by atoms with Gasteiger partial charge in [-0.1, -0.05) is 29.8 Å². The Morgan fingerprint density at radius 1 is 1.21 bits per heavy atom. The Morgan fingerprint density at radius 3 is 2.62 bits per heavy atom. The van der Waals surface area contributed by atoms with Crippen molar-refractivity contribution in [3.8, 4) is 5.75 Å². The Bertz CT molecular complexity index is 1330. The van der Waals surface area contributed by atoms with Gasteiger partial charge in [0.05, 0.1) is 41.8 Å². The number of hydrogen-bond acceptors (Lipinski definition) is 8. The van der Waals surface area contributed by atoms with Gasteiger partial charge in [0.2, 0.25) is 11.8 Å². The number of hydrogen-bond donors (Lipinski definition) is 3. The highest BCUT2D eigenvalue weighted by molar-refractivity contribution is 6.22. The van der Waals surface area contributed by atoms with Gasteiger partial charge in [0.25, 0.3) is 5.69 Å². The van der Waals surface area contributed by atoms with Gasteiger partial charge >= 0.3 is 0 Å². The summed E-state index contributed by atoms with van der Waals surface area (Å²) in [5.74, 6) is -3.37. The molecule has 4 atom stereocenters. The van der Waals surface area contributed by atoms with Crippen molar-refractivity contribution >= 4 is 29.3 Å². The number of phenols is 1. The number of aromatic hydroxyl groups is 1. The van der Waals surface area contributed by atoms with Crippen LogP contribution < -0.4 is 4.90 Å². The summed E-state index contributed by atoms with van der Waals surface area (Å²) in [4.78, 5) is 38.7. The van der Waals surface area contributed by atoms with Gasteiger partial charge < -0.3 is 20.1 Å². The maximum Gasteiger partial charge on any atom is 0.271 e. The number of fused-ring (bicyclic) bond motifs is 1. The number of nitro benzene ring substituents is 1. The first-order valence-electron chi connectivity index (χ1n) is 12.7. The number of benzene rings is 2. The topological polar surface area (TPSA) is 150 Å². The monoisotopic (exact) mass is 536 g/mol. The number of anilines is 1. The van der Waals surface area contributed by atoms with E-state index in [-0.39, 0.29) is 30.2 Å². The molecule has 2 amide bonds. The molecule has 0 unspecified atom stereocenters. The Hall–Kier alpha value is -3.86. The van der Waals surface area contributed by atoms with E-state index in [9.17, 15) is 35.0 Å². The van der Waals surface area contributed by atoms with Crippen LogP contribution in [-0.2, 0) is 14.3 Å². The maximum absolute atomic E-state index is 13.6. The third-order valence-electron chi connectivity index (χ3n) is 7.45. The van der Waals surface area contributed by atoms with E-state index in [1.807, 2.05) is 19.1 Å². The van der Waals surface area contributed by atoms with E-state index < -0.39 is 47.2 Å². The van der Waals surface area contributed by atoms with Gasteiger partial charge in [-0.3, -0.25) is 19.7 Å². The minimum Gasteiger partial charge on any atom is -0.508 e. The predicted molar refractivity (Wildman–Crippen MR) is 144 cm³/mol. The van der Waals surface area contributed by atoms with Gasteiger partial charge in [-0.25, -0.2) is 4.90 Å². The molecule has 0 radical (unpaired) electrons. The van der Waals surface area contributed by atoms with Gasteiger partial charge in [0.1, 0.15) is 5.75 Å². The van der Waals surface area contributed by atoms with Gasteiger partial charge in [0.15, 0.2) is 0 Å². The molecule has 206 valence electrons. The number of carbonyl (C=O) groups excluding carboxylic acids is 2. The molecule has 0 bridgehead atoms. The minimum absolute atomic E-state index is 0.105. The Labute approximate surface area is 226 Å². The third-order valence-corrected chi connectivity index (χ3v) is 7.45. The number of methoxy groups -OCH3 is 1. The molecule has 2 aromatic carbocycles. The van der Waals surface area contributed by atoms with Crippen molar-refractivity contribution < 1.29 is 34.6 Å². The number of non-ortho nitro benzene ring substituents is 1. The van der Waals surface area contributed by atoms with E-state index >= 15 is 0 Å². The molecule has 0 aromatic heterocycles.